The second-order valence-corrected chi connectivity index (χ2v) is 6.95. The van der Waals surface area contributed by atoms with Crippen molar-refractivity contribution in [1.82, 2.24) is 9.97 Å². The Labute approximate surface area is 102 Å². The van der Waals surface area contributed by atoms with Crippen LogP contribution in [0.15, 0.2) is 6.20 Å². The van der Waals surface area contributed by atoms with Crippen molar-refractivity contribution in [3.8, 4) is 0 Å². The number of nitrogens with zero attached hydrogens (tertiary/aromatic N) is 2. The minimum Gasteiger partial charge on any atom is -0.383 e. The molecular formula is C8H10IN3O2S. The maximum absolute atomic E-state index is 11.3. The van der Waals surface area contributed by atoms with Crippen molar-refractivity contribution in [3.05, 3.63) is 15.6 Å². The van der Waals surface area contributed by atoms with Crippen LogP contribution in [0.1, 0.15) is 18.2 Å². The summed E-state index contributed by atoms with van der Waals surface area (Å²) in [5.41, 5.74) is 5.65. The summed E-state index contributed by atoms with van der Waals surface area (Å²) in [7, 11) is -2.89. The Morgan fingerprint density at radius 1 is 1.53 bits per heavy atom. The van der Waals surface area contributed by atoms with E-state index in [0.29, 0.717) is 18.1 Å². The van der Waals surface area contributed by atoms with Crippen molar-refractivity contribution in [2.45, 2.75) is 12.3 Å². The highest BCUT2D eigenvalue weighted by Gasteiger charge is 2.31. The van der Waals surface area contributed by atoms with E-state index in [1.165, 1.54) is 0 Å². The monoisotopic (exact) mass is 339 g/mol. The first-order chi connectivity index (χ1) is 6.98. The number of anilines is 1. The summed E-state index contributed by atoms with van der Waals surface area (Å²) >= 11 is 2.04. The number of nitrogen functional groups attached to an aromatic ring is 1. The van der Waals surface area contributed by atoms with E-state index in [9.17, 15) is 8.42 Å². The topological polar surface area (TPSA) is 85.9 Å². The van der Waals surface area contributed by atoms with Gasteiger partial charge in [-0.15, -0.1) is 0 Å². The van der Waals surface area contributed by atoms with Crippen LogP contribution < -0.4 is 5.73 Å². The molecule has 1 unspecified atom stereocenters. The van der Waals surface area contributed by atoms with Crippen LogP contribution in [-0.2, 0) is 9.84 Å². The molecule has 2 N–H and O–H groups in total. The molecule has 0 aliphatic carbocycles. The molecule has 1 fully saturated rings. The zero-order valence-corrected chi connectivity index (χ0v) is 10.8. The van der Waals surface area contributed by atoms with Crippen molar-refractivity contribution in [3.63, 3.8) is 0 Å². The third-order valence-corrected chi connectivity index (χ3v) is 4.99. The Morgan fingerprint density at radius 2 is 2.27 bits per heavy atom. The molecule has 1 aliphatic rings. The van der Waals surface area contributed by atoms with Crippen LogP contribution in [0, 0.1) is 3.57 Å². The molecule has 0 saturated carbocycles. The normalized spacial score (nSPS) is 24.2. The molecular weight excluding hydrogens is 329 g/mol. The standard InChI is InChI=1S/C8H10IN3O2S/c9-6-3-11-8(12-7(6)10)5-1-2-15(13,14)4-5/h3,5H,1-2,4H2,(H2,10,11,12). The molecule has 1 aromatic heterocycles. The van der Waals surface area contributed by atoms with Gasteiger partial charge in [0, 0.05) is 12.1 Å². The first-order valence-electron chi connectivity index (χ1n) is 4.46. The summed E-state index contributed by atoms with van der Waals surface area (Å²) < 4.78 is 23.3. The van der Waals surface area contributed by atoms with Crippen molar-refractivity contribution in [2.75, 3.05) is 17.2 Å². The van der Waals surface area contributed by atoms with E-state index in [0.717, 1.165) is 3.57 Å². The van der Waals surface area contributed by atoms with Crippen LogP contribution in [0.5, 0.6) is 0 Å². The first-order valence-corrected chi connectivity index (χ1v) is 7.36. The summed E-state index contributed by atoms with van der Waals surface area (Å²) in [5, 5.41) is 0. The van der Waals surface area contributed by atoms with Crippen molar-refractivity contribution in [1.29, 1.82) is 0 Å². The summed E-state index contributed by atoms with van der Waals surface area (Å²) in [6, 6.07) is 0. The van der Waals surface area contributed by atoms with Gasteiger partial charge in [-0.1, -0.05) is 0 Å². The van der Waals surface area contributed by atoms with E-state index >= 15 is 0 Å². The molecule has 0 aromatic carbocycles. The third kappa shape index (κ3) is 2.39. The lowest BCUT2D eigenvalue weighted by Crippen LogP contribution is -2.09. The van der Waals surface area contributed by atoms with Crippen LogP contribution in [-0.4, -0.2) is 29.9 Å². The summed E-state index contributed by atoms with van der Waals surface area (Å²) in [6.07, 6.45) is 2.23. The Balaban J connectivity index is 2.28. The second-order valence-electron chi connectivity index (χ2n) is 3.56. The van der Waals surface area contributed by atoms with Crippen LogP contribution in [0.2, 0.25) is 0 Å². The second kappa shape index (κ2) is 3.85. The van der Waals surface area contributed by atoms with Gasteiger partial charge in [0.05, 0.1) is 15.1 Å². The molecule has 7 heteroatoms. The molecule has 15 heavy (non-hydrogen) atoms. The minimum absolute atomic E-state index is 0.0886. The van der Waals surface area contributed by atoms with Gasteiger partial charge in [0.25, 0.3) is 0 Å². The summed E-state index contributed by atoms with van der Waals surface area (Å²) in [6.45, 7) is 0. The number of aromatic nitrogens is 2. The van der Waals surface area contributed by atoms with Crippen molar-refractivity contribution < 1.29 is 8.42 Å². The Hall–Kier alpha value is -0.440. The molecule has 0 amide bonds. The Kier molecular flexibility index (Phi) is 2.84. The lowest BCUT2D eigenvalue weighted by atomic mass is 10.1. The lowest BCUT2D eigenvalue weighted by Gasteiger charge is -2.06. The highest BCUT2D eigenvalue weighted by atomic mass is 127. The summed E-state index contributed by atoms with van der Waals surface area (Å²) in [5.74, 6) is 1.26. The van der Waals surface area contributed by atoms with Gasteiger partial charge >= 0.3 is 0 Å². The molecule has 0 spiro atoms. The molecule has 1 atom stereocenters. The van der Waals surface area contributed by atoms with Crippen molar-refractivity contribution >= 4 is 38.2 Å². The summed E-state index contributed by atoms with van der Waals surface area (Å²) in [4.78, 5) is 8.24. The molecule has 1 aromatic rings. The minimum atomic E-state index is -2.89. The van der Waals surface area contributed by atoms with Crippen molar-refractivity contribution in [2.24, 2.45) is 0 Å². The quantitative estimate of drug-likeness (QED) is 0.756. The SMILES string of the molecule is Nc1nc(C2CCS(=O)(=O)C2)ncc1I. The molecule has 0 bridgehead atoms. The van der Waals surface area contributed by atoms with E-state index in [2.05, 4.69) is 9.97 Å². The number of sulfone groups is 1. The zero-order chi connectivity index (χ0) is 11.1. The van der Waals surface area contributed by atoms with Gasteiger partial charge in [0.2, 0.25) is 0 Å². The van der Waals surface area contributed by atoms with Crippen LogP contribution in [0.25, 0.3) is 0 Å². The van der Waals surface area contributed by atoms with Gasteiger partial charge in [0.15, 0.2) is 9.84 Å². The number of nitrogens with two attached hydrogens (primary N) is 1. The maximum atomic E-state index is 11.3. The third-order valence-electron chi connectivity index (χ3n) is 2.39. The molecule has 2 rings (SSSR count). The number of hydrogen-bond acceptors (Lipinski definition) is 5. The average Bonchev–Trinajstić information content (AvgIpc) is 2.51. The number of halogens is 1. The lowest BCUT2D eigenvalue weighted by molar-refractivity contribution is 0.601. The fourth-order valence-electron chi connectivity index (χ4n) is 1.59. The largest absolute Gasteiger partial charge is 0.383 e. The van der Waals surface area contributed by atoms with E-state index in [4.69, 9.17) is 5.73 Å². The van der Waals surface area contributed by atoms with Gasteiger partial charge in [-0.25, -0.2) is 18.4 Å². The van der Waals surface area contributed by atoms with Gasteiger partial charge in [-0.3, -0.25) is 0 Å². The van der Waals surface area contributed by atoms with E-state index in [1.807, 2.05) is 22.6 Å². The Bertz CT molecular complexity index is 489. The molecule has 0 radical (unpaired) electrons. The van der Waals surface area contributed by atoms with Crippen LogP contribution in [0.3, 0.4) is 0 Å². The maximum Gasteiger partial charge on any atom is 0.151 e. The molecule has 1 saturated heterocycles. The smallest absolute Gasteiger partial charge is 0.151 e. The first kappa shape index (κ1) is 11.1. The van der Waals surface area contributed by atoms with Gasteiger partial charge in [-0.2, -0.15) is 0 Å². The van der Waals surface area contributed by atoms with Gasteiger partial charge in [0.1, 0.15) is 11.6 Å². The van der Waals surface area contributed by atoms with E-state index < -0.39 is 9.84 Å². The Morgan fingerprint density at radius 3 is 2.80 bits per heavy atom. The van der Waals surface area contributed by atoms with Crippen LogP contribution in [0.4, 0.5) is 5.82 Å². The fourth-order valence-corrected chi connectivity index (χ4v) is 3.59. The predicted molar refractivity (Wildman–Crippen MR) is 65.2 cm³/mol. The average molecular weight is 339 g/mol. The zero-order valence-electron chi connectivity index (χ0n) is 7.85. The number of hydrogen-bond donors (Lipinski definition) is 1. The molecule has 2 heterocycles. The molecule has 82 valence electrons. The van der Waals surface area contributed by atoms with E-state index in [1.54, 1.807) is 6.20 Å². The van der Waals surface area contributed by atoms with Gasteiger partial charge in [-0.05, 0) is 29.0 Å². The predicted octanol–water partition coefficient (Wildman–Crippen LogP) is 0.566. The number of rotatable bonds is 1. The highest BCUT2D eigenvalue weighted by Crippen LogP contribution is 2.27. The van der Waals surface area contributed by atoms with Gasteiger partial charge < -0.3 is 5.73 Å². The molecule has 1 aliphatic heterocycles. The molecule has 5 nitrogen and oxygen atoms in total. The van der Waals surface area contributed by atoms with Crippen LogP contribution >= 0.6 is 22.6 Å². The van der Waals surface area contributed by atoms with E-state index in [-0.39, 0.29) is 17.4 Å². The fraction of sp³-hybridized carbons (Fsp3) is 0.500. The highest BCUT2D eigenvalue weighted by molar-refractivity contribution is 14.1.